The van der Waals surface area contributed by atoms with E-state index in [9.17, 15) is 4.79 Å². The van der Waals surface area contributed by atoms with Crippen molar-refractivity contribution in [1.29, 1.82) is 0 Å². The van der Waals surface area contributed by atoms with Crippen LogP contribution in [0.1, 0.15) is 51.8 Å². The Kier molecular flexibility index (Phi) is 7.51. The van der Waals surface area contributed by atoms with Crippen LogP contribution in [0.3, 0.4) is 0 Å². The number of nitrogens with two attached hydrogens (primary N) is 2. The molecule has 1 fully saturated rings. The molecule has 1 aliphatic heterocycles. The van der Waals surface area contributed by atoms with E-state index in [0.717, 1.165) is 54.1 Å². The number of hydrogen-bond acceptors (Lipinski definition) is 7. The molecule has 2 aromatic carbocycles. The van der Waals surface area contributed by atoms with Crippen LogP contribution in [0.15, 0.2) is 61.1 Å². The summed E-state index contributed by atoms with van der Waals surface area (Å²) in [5.74, 6) is 2.48. The molecule has 1 aliphatic rings. The molecule has 202 valence electrons. The number of nitrogen functional groups attached to an aromatic ring is 1. The molecule has 0 aliphatic carbocycles. The second-order valence-electron chi connectivity index (χ2n) is 10.2. The zero-order valence-electron chi connectivity index (χ0n) is 22.6. The minimum absolute atomic E-state index is 0.305. The third kappa shape index (κ3) is 6.04. The molecule has 1 saturated heterocycles. The highest BCUT2D eigenvalue weighted by Gasteiger charge is 2.26. The van der Waals surface area contributed by atoms with Gasteiger partial charge in [0.1, 0.15) is 35.4 Å². The van der Waals surface area contributed by atoms with Crippen LogP contribution < -0.4 is 20.9 Å². The number of carbonyl (C=O) groups is 1. The number of anilines is 1. The standard InChI is InChI=1S/C30H34N6O3/c1-19-12-25(38-18-21-15-33-20(2)34-16-21)14-26(13-19)39-24-6-4-23(5-7-24)36-17-27(28(31)29(36)30(32)37)22-8-10-35(3)11-9-22/h4-7,12-17,22H,8-11,18,31H2,1-3H3,(H2,32,37). The van der Waals surface area contributed by atoms with Gasteiger partial charge in [-0.1, -0.05) is 0 Å². The largest absolute Gasteiger partial charge is 0.489 e. The molecule has 2 aromatic heterocycles. The summed E-state index contributed by atoms with van der Waals surface area (Å²) in [7, 11) is 2.12. The molecule has 0 bridgehead atoms. The topological polar surface area (TPSA) is 122 Å². The van der Waals surface area contributed by atoms with E-state index in [0.29, 0.717) is 41.2 Å². The predicted molar refractivity (Wildman–Crippen MR) is 151 cm³/mol. The van der Waals surface area contributed by atoms with Gasteiger partial charge in [0.05, 0.1) is 5.69 Å². The number of nitrogens with zero attached hydrogens (tertiary/aromatic N) is 4. The van der Waals surface area contributed by atoms with Crippen molar-refractivity contribution < 1.29 is 14.3 Å². The van der Waals surface area contributed by atoms with Crippen molar-refractivity contribution in [2.45, 2.75) is 39.2 Å². The first-order valence-electron chi connectivity index (χ1n) is 13.1. The van der Waals surface area contributed by atoms with E-state index >= 15 is 0 Å². The lowest BCUT2D eigenvalue weighted by molar-refractivity contribution is 0.0994. The van der Waals surface area contributed by atoms with E-state index in [-0.39, 0.29) is 0 Å². The Balaban J connectivity index is 1.32. The average Bonchev–Trinajstić information content (AvgIpc) is 3.26. The van der Waals surface area contributed by atoms with Gasteiger partial charge in [-0.3, -0.25) is 4.79 Å². The van der Waals surface area contributed by atoms with Gasteiger partial charge in [0.15, 0.2) is 0 Å². The Morgan fingerprint density at radius 1 is 1.00 bits per heavy atom. The zero-order chi connectivity index (χ0) is 27.5. The van der Waals surface area contributed by atoms with Gasteiger partial charge in [-0.25, -0.2) is 9.97 Å². The van der Waals surface area contributed by atoms with Crippen LogP contribution in [0.2, 0.25) is 0 Å². The minimum Gasteiger partial charge on any atom is -0.489 e. The molecule has 5 rings (SSSR count). The van der Waals surface area contributed by atoms with Crippen LogP contribution in [0.25, 0.3) is 5.69 Å². The predicted octanol–water partition coefficient (Wildman–Crippen LogP) is 4.75. The van der Waals surface area contributed by atoms with E-state index < -0.39 is 5.91 Å². The number of likely N-dealkylation sites (tertiary alicyclic amines) is 1. The lowest BCUT2D eigenvalue weighted by Crippen LogP contribution is -2.29. The fraction of sp³-hybridized carbons (Fsp3) is 0.300. The van der Waals surface area contributed by atoms with Crippen LogP contribution in [0.5, 0.6) is 17.2 Å². The Morgan fingerprint density at radius 2 is 1.67 bits per heavy atom. The summed E-state index contributed by atoms with van der Waals surface area (Å²) in [4.78, 5) is 23.1. The summed E-state index contributed by atoms with van der Waals surface area (Å²) in [6, 6.07) is 13.3. The maximum atomic E-state index is 12.4. The fourth-order valence-corrected chi connectivity index (χ4v) is 4.97. The minimum atomic E-state index is -0.545. The molecule has 0 spiro atoms. The quantitative estimate of drug-likeness (QED) is 0.340. The molecule has 1 amide bonds. The lowest BCUT2D eigenvalue weighted by Gasteiger charge is -2.28. The number of aromatic nitrogens is 3. The molecule has 0 saturated carbocycles. The molecule has 3 heterocycles. The molecule has 0 radical (unpaired) electrons. The monoisotopic (exact) mass is 526 g/mol. The van der Waals surface area contributed by atoms with Gasteiger partial charge in [0, 0.05) is 35.9 Å². The lowest BCUT2D eigenvalue weighted by atomic mass is 9.90. The molecular weight excluding hydrogens is 492 g/mol. The fourth-order valence-electron chi connectivity index (χ4n) is 4.97. The number of carbonyl (C=O) groups excluding carboxylic acids is 1. The summed E-state index contributed by atoms with van der Waals surface area (Å²) in [6.07, 6.45) is 7.48. The first kappa shape index (κ1) is 26.2. The number of rotatable bonds is 8. The smallest absolute Gasteiger partial charge is 0.267 e. The maximum absolute atomic E-state index is 12.4. The Hall–Kier alpha value is -4.37. The Bertz CT molecular complexity index is 1460. The van der Waals surface area contributed by atoms with Crippen LogP contribution in [-0.2, 0) is 6.61 Å². The van der Waals surface area contributed by atoms with Crippen molar-refractivity contribution in [2.75, 3.05) is 25.9 Å². The summed E-state index contributed by atoms with van der Waals surface area (Å²) < 4.78 is 13.9. The second kappa shape index (κ2) is 11.2. The molecule has 39 heavy (non-hydrogen) atoms. The molecule has 0 atom stereocenters. The normalized spacial score (nSPS) is 14.3. The number of amides is 1. The number of piperidine rings is 1. The number of hydrogen-bond donors (Lipinski definition) is 2. The highest BCUT2D eigenvalue weighted by atomic mass is 16.5. The summed E-state index contributed by atoms with van der Waals surface area (Å²) in [5.41, 5.74) is 16.7. The van der Waals surface area contributed by atoms with E-state index in [1.54, 1.807) is 17.0 Å². The molecule has 0 unspecified atom stereocenters. The van der Waals surface area contributed by atoms with Crippen molar-refractivity contribution in [3.05, 3.63) is 89.3 Å². The molecule has 4 aromatic rings. The van der Waals surface area contributed by atoms with Crippen molar-refractivity contribution in [3.8, 4) is 22.9 Å². The van der Waals surface area contributed by atoms with Gasteiger partial charge in [0.2, 0.25) is 0 Å². The maximum Gasteiger partial charge on any atom is 0.267 e. The van der Waals surface area contributed by atoms with Crippen LogP contribution in [0, 0.1) is 13.8 Å². The molecule has 9 heteroatoms. The molecule has 9 nitrogen and oxygen atoms in total. The SMILES string of the molecule is Cc1cc(OCc2cnc(C)nc2)cc(Oc2ccc(-n3cc(C4CCN(C)CC4)c(N)c3C(N)=O)cc2)c1. The van der Waals surface area contributed by atoms with Crippen LogP contribution in [-0.4, -0.2) is 45.5 Å². The van der Waals surface area contributed by atoms with Gasteiger partial charge in [0.25, 0.3) is 5.91 Å². The van der Waals surface area contributed by atoms with Gasteiger partial charge in [-0.05, 0) is 100 Å². The van der Waals surface area contributed by atoms with E-state index in [2.05, 4.69) is 21.9 Å². The number of ether oxygens (including phenoxy) is 2. The van der Waals surface area contributed by atoms with E-state index in [1.807, 2.05) is 62.5 Å². The van der Waals surface area contributed by atoms with Gasteiger partial charge < -0.3 is 30.4 Å². The average molecular weight is 527 g/mol. The van der Waals surface area contributed by atoms with Crippen molar-refractivity contribution in [3.63, 3.8) is 0 Å². The van der Waals surface area contributed by atoms with Crippen molar-refractivity contribution in [1.82, 2.24) is 19.4 Å². The van der Waals surface area contributed by atoms with Gasteiger partial charge in [-0.15, -0.1) is 0 Å². The van der Waals surface area contributed by atoms with Crippen molar-refractivity contribution >= 4 is 11.6 Å². The van der Waals surface area contributed by atoms with Crippen LogP contribution >= 0.6 is 0 Å². The number of primary amides is 1. The Morgan fingerprint density at radius 3 is 2.33 bits per heavy atom. The third-order valence-corrected chi connectivity index (χ3v) is 7.08. The first-order valence-corrected chi connectivity index (χ1v) is 13.1. The summed E-state index contributed by atoms with van der Waals surface area (Å²) in [5, 5.41) is 0. The highest BCUT2D eigenvalue weighted by Crippen LogP contribution is 2.36. The number of aryl methyl sites for hydroxylation is 2. The van der Waals surface area contributed by atoms with Crippen LogP contribution in [0.4, 0.5) is 5.69 Å². The summed E-state index contributed by atoms with van der Waals surface area (Å²) >= 11 is 0. The zero-order valence-corrected chi connectivity index (χ0v) is 22.6. The molecule has 4 N–H and O–H groups in total. The third-order valence-electron chi connectivity index (χ3n) is 7.08. The Labute approximate surface area is 228 Å². The van der Waals surface area contributed by atoms with E-state index in [1.165, 1.54) is 0 Å². The van der Waals surface area contributed by atoms with Gasteiger partial charge >= 0.3 is 0 Å². The number of benzene rings is 2. The second-order valence-corrected chi connectivity index (χ2v) is 10.2. The summed E-state index contributed by atoms with van der Waals surface area (Å²) in [6.45, 7) is 6.19. The molecular formula is C30H34N6O3. The van der Waals surface area contributed by atoms with Gasteiger partial charge in [-0.2, -0.15) is 0 Å². The highest BCUT2D eigenvalue weighted by molar-refractivity contribution is 5.98. The first-order chi connectivity index (χ1) is 18.8. The van der Waals surface area contributed by atoms with Crippen molar-refractivity contribution in [2.24, 2.45) is 5.73 Å². The van der Waals surface area contributed by atoms with E-state index in [4.69, 9.17) is 20.9 Å².